The monoisotopic (exact) mass is 275 g/mol. The van der Waals surface area contributed by atoms with Crippen LogP contribution in [0.5, 0.6) is 0 Å². The second-order valence-electron chi connectivity index (χ2n) is 5.15. The first kappa shape index (κ1) is 15.3. The molecule has 1 N–H and O–H groups in total. The molecule has 6 heteroatoms. The van der Waals surface area contributed by atoms with E-state index in [-0.39, 0.29) is 5.75 Å². The van der Waals surface area contributed by atoms with Crippen molar-refractivity contribution in [3.05, 3.63) is 0 Å². The van der Waals surface area contributed by atoms with Gasteiger partial charge in [-0.25, -0.2) is 8.42 Å². The van der Waals surface area contributed by atoms with Gasteiger partial charge in [0.05, 0.1) is 5.75 Å². The molecule has 0 saturated carbocycles. The topological polar surface area (TPSA) is 61.8 Å². The van der Waals surface area contributed by atoms with E-state index in [9.17, 15) is 8.42 Å². The van der Waals surface area contributed by atoms with Gasteiger partial charge < -0.3 is 10.2 Å². The Bertz CT molecular complexity index is 379. The first-order chi connectivity index (χ1) is 8.42. The molecule has 0 radical (unpaired) electrons. The van der Waals surface area contributed by atoms with Crippen LogP contribution in [-0.4, -0.2) is 58.0 Å². The third kappa shape index (κ3) is 5.71. The highest BCUT2D eigenvalue weighted by Crippen LogP contribution is 2.15. The molecule has 18 heavy (non-hydrogen) atoms. The fraction of sp³-hybridized carbons (Fsp3) is 0.917. The van der Waals surface area contributed by atoms with E-state index in [0.717, 1.165) is 19.0 Å². The number of guanidine groups is 1. The minimum Gasteiger partial charge on any atom is -0.356 e. The van der Waals surface area contributed by atoms with Crippen molar-refractivity contribution >= 4 is 15.8 Å². The molecule has 1 aliphatic rings. The van der Waals surface area contributed by atoms with Crippen molar-refractivity contribution in [1.82, 2.24) is 10.2 Å². The van der Waals surface area contributed by atoms with E-state index < -0.39 is 9.84 Å². The van der Waals surface area contributed by atoms with Crippen LogP contribution in [-0.2, 0) is 9.84 Å². The molecule has 1 fully saturated rings. The molecular weight excluding hydrogens is 250 g/mol. The summed E-state index contributed by atoms with van der Waals surface area (Å²) in [4.78, 5) is 6.52. The molecule has 0 aromatic heterocycles. The van der Waals surface area contributed by atoms with Crippen molar-refractivity contribution in [3.8, 4) is 0 Å². The third-order valence-electron chi connectivity index (χ3n) is 3.14. The number of nitrogens with one attached hydrogen (secondary N) is 1. The van der Waals surface area contributed by atoms with Crippen LogP contribution in [0.3, 0.4) is 0 Å². The summed E-state index contributed by atoms with van der Waals surface area (Å²) >= 11 is 0. The lowest BCUT2D eigenvalue weighted by molar-refractivity contribution is 0.266. The Hall–Kier alpha value is -0.780. The molecule has 0 aromatic carbocycles. The summed E-state index contributed by atoms with van der Waals surface area (Å²) in [6.07, 6.45) is 4.38. The van der Waals surface area contributed by atoms with Crippen LogP contribution in [0.25, 0.3) is 0 Å². The molecule has 0 bridgehead atoms. The Balaban J connectivity index is 2.34. The summed E-state index contributed by atoms with van der Waals surface area (Å²) in [5.74, 6) is 1.83. The van der Waals surface area contributed by atoms with E-state index in [1.165, 1.54) is 19.1 Å². The first-order valence-corrected chi connectivity index (χ1v) is 8.62. The molecule has 106 valence electrons. The zero-order valence-electron chi connectivity index (χ0n) is 11.6. The second kappa shape index (κ2) is 6.97. The van der Waals surface area contributed by atoms with E-state index in [1.54, 1.807) is 7.05 Å². The lowest BCUT2D eigenvalue weighted by atomic mass is 10.0. The van der Waals surface area contributed by atoms with Gasteiger partial charge in [-0.1, -0.05) is 6.92 Å². The zero-order chi connectivity index (χ0) is 13.6. The number of hydrogen-bond donors (Lipinski definition) is 1. The normalized spacial score (nSPS) is 22.1. The number of hydrogen-bond acceptors (Lipinski definition) is 3. The number of aliphatic imine (C=N–C) groups is 1. The van der Waals surface area contributed by atoms with Crippen molar-refractivity contribution in [2.24, 2.45) is 10.9 Å². The van der Waals surface area contributed by atoms with E-state index in [0.29, 0.717) is 18.9 Å². The SMILES string of the molecule is CN=C(NCCCS(C)(=O)=O)N1CCCC(C)C1. The fourth-order valence-corrected chi connectivity index (χ4v) is 2.92. The molecule has 1 rings (SSSR count). The predicted molar refractivity (Wildman–Crippen MR) is 75.7 cm³/mol. The van der Waals surface area contributed by atoms with Crippen LogP contribution in [0.1, 0.15) is 26.2 Å². The molecule has 1 atom stereocenters. The predicted octanol–water partition coefficient (Wildman–Crippen LogP) is 0.728. The number of sulfone groups is 1. The first-order valence-electron chi connectivity index (χ1n) is 6.55. The molecule has 1 aliphatic heterocycles. The molecule has 0 aromatic rings. The van der Waals surface area contributed by atoms with Crippen molar-refractivity contribution in [2.45, 2.75) is 26.2 Å². The van der Waals surface area contributed by atoms with Crippen LogP contribution < -0.4 is 5.32 Å². The van der Waals surface area contributed by atoms with Gasteiger partial charge in [0.15, 0.2) is 5.96 Å². The number of piperidine rings is 1. The molecule has 1 heterocycles. The largest absolute Gasteiger partial charge is 0.356 e. The minimum atomic E-state index is -2.86. The highest BCUT2D eigenvalue weighted by atomic mass is 32.2. The van der Waals surface area contributed by atoms with Gasteiger partial charge in [0, 0.05) is 32.9 Å². The van der Waals surface area contributed by atoms with Crippen LogP contribution >= 0.6 is 0 Å². The summed E-state index contributed by atoms with van der Waals surface area (Å²) in [6, 6.07) is 0. The highest BCUT2D eigenvalue weighted by molar-refractivity contribution is 7.90. The standard InChI is InChI=1S/C12H25N3O2S/c1-11-6-4-8-15(10-11)12(13-2)14-7-5-9-18(3,16)17/h11H,4-10H2,1-3H3,(H,13,14). The Morgan fingerprint density at radius 3 is 2.78 bits per heavy atom. The van der Waals surface area contributed by atoms with E-state index in [4.69, 9.17) is 0 Å². The van der Waals surface area contributed by atoms with E-state index in [2.05, 4.69) is 22.1 Å². The van der Waals surface area contributed by atoms with Crippen molar-refractivity contribution in [3.63, 3.8) is 0 Å². The van der Waals surface area contributed by atoms with Gasteiger partial charge >= 0.3 is 0 Å². The summed E-state index contributed by atoms with van der Waals surface area (Å²) in [6.45, 7) is 4.98. The molecule has 0 aliphatic carbocycles. The van der Waals surface area contributed by atoms with Gasteiger partial charge in [0.2, 0.25) is 0 Å². The van der Waals surface area contributed by atoms with Crippen molar-refractivity contribution in [2.75, 3.05) is 38.7 Å². The average molecular weight is 275 g/mol. The van der Waals surface area contributed by atoms with E-state index >= 15 is 0 Å². The van der Waals surface area contributed by atoms with Gasteiger partial charge in [-0.05, 0) is 25.2 Å². The molecular formula is C12H25N3O2S. The number of likely N-dealkylation sites (tertiary alicyclic amines) is 1. The highest BCUT2D eigenvalue weighted by Gasteiger charge is 2.18. The van der Waals surface area contributed by atoms with Gasteiger partial charge in [0.1, 0.15) is 9.84 Å². The van der Waals surface area contributed by atoms with Crippen LogP contribution in [0.2, 0.25) is 0 Å². The number of rotatable bonds is 4. The Morgan fingerprint density at radius 2 is 2.22 bits per heavy atom. The number of nitrogens with zero attached hydrogens (tertiary/aromatic N) is 2. The Kier molecular flexibility index (Phi) is 5.91. The maximum Gasteiger partial charge on any atom is 0.193 e. The average Bonchev–Trinajstić information content (AvgIpc) is 2.27. The van der Waals surface area contributed by atoms with Gasteiger partial charge in [-0.2, -0.15) is 0 Å². The molecule has 0 spiro atoms. The van der Waals surface area contributed by atoms with Gasteiger partial charge in [-0.15, -0.1) is 0 Å². The molecule has 1 unspecified atom stereocenters. The van der Waals surface area contributed by atoms with Crippen molar-refractivity contribution < 1.29 is 8.42 Å². The molecule has 0 amide bonds. The smallest absolute Gasteiger partial charge is 0.193 e. The van der Waals surface area contributed by atoms with Gasteiger partial charge in [0.25, 0.3) is 0 Å². The minimum absolute atomic E-state index is 0.230. The summed E-state index contributed by atoms with van der Waals surface area (Å²) in [5.41, 5.74) is 0. The Labute approximate surface area is 111 Å². The van der Waals surface area contributed by atoms with Crippen LogP contribution in [0, 0.1) is 5.92 Å². The van der Waals surface area contributed by atoms with E-state index in [1.807, 2.05) is 0 Å². The lowest BCUT2D eigenvalue weighted by Gasteiger charge is -2.33. The molecule has 1 saturated heterocycles. The zero-order valence-corrected chi connectivity index (χ0v) is 12.5. The lowest BCUT2D eigenvalue weighted by Crippen LogP contribution is -2.46. The van der Waals surface area contributed by atoms with Crippen LogP contribution in [0.4, 0.5) is 0 Å². The maximum absolute atomic E-state index is 11.0. The fourth-order valence-electron chi connectivity index (χ4n) is 2.25. The summed E-state index contributed by atoms with van der Waals surface area (Å²) in [5, 5.41) is 3.24. The quantitative estimate of drug-likeness (QED) is 0.467. The maximum atomic E-state index is 11.0. The summed E-state index contributed by atoms with van der Waals surface area (Å²) in [7, 11) is -1.08. The second-order valence-corrected chi connectivity index (χ2v) is 7.41. The third-order valence-corrected chi connectivity index (χ3v) is 4.17. The molecule has 5 nitrogen and oxygen atoms in total. The Morgan fingerprint density at radius 1 is 1.50 bits per heavy atom. The van der Waals surface area contributed by atoms with Gasteiger partial charge in [-0.3, -0.25) is 4.99 Å². The summed E-state index contributed by atoms with van der Waals surface area (Å²) < 4.78 is 22.0. The van der Waals surface area contributed by atoms with Crippen LogP contribution in [0.15, 0.2) is 4.99 Å². The van der Waals surface area contributed by atoms with Crippen molar-refractivity contribution in [1.29, 1.82) is 0 Å².